The first-order chi connectivity index (χ1) is 11.3. The second-order valence-corrected chi connectivity index (χ2v) is 14.5. The monoisotopic (exact) mass is 380 g/mol. The number of carbonyl (C=O) groups is 2. The Labute approximate surface area is 156 Å². The van der Waals surface area contributed by atoms with Crippen LogP contribution in [0.25, 0.3) is 0 Å². The number of carbonyl (C=O) groups excluding carboxylic acids is 2. The topological polar surface area (TPSA) is 51.2 Å². The van der Waals surface area contributed by atoms with E-state index in [0.717, 1.165) is 25.7 Å². The lowest BCUT2D eigenvalue weighted by Crippen LogP contribution is -2.69. The third-order valence-corrected chi connectivity index (χ3v) is 14.9. The molecule has 0 amide bonds. The molecule has 25 heavy (non-hydrogen) atoms. The molecule has 3 nitrogen and oxygen atoms in total. The Hall–Kier alpha value is -0.160. The lowest BCUT2D eigenvalue weighted by atomic mass is 9.70. The third-order valence-electron chi connectivity index (χ3n) is 9.86. The number of hydrogen-bond donors (Lipinski definition) is 0. The zero-order chi connectivity index (χ0) is 18.4. The highest BCUT2D eigenvalue weighted by Crippen LogP contribution is 2.83. The van der Waals surface area contributed by atoms with Crippen molar-refractivity contribution in [2.45, 2.75) is 75.4 Å². The molecular formula is C20H28O3S2. The van der Waals surface area contributed by atoms with Crippen molar-refractivity contribution in [3.8, 4) is 0 Å². The molecular weight excluding hydrogens is 352 g/mol. The fraction of sp³-hybridized carbons (Fsp3) is 0.900. The van der Waals surface area contributed by atoms with Gasteiger partial charge in [0.15, 0.2) is 19.7 Å². The first-order valence-electron chi connectivity index (χ1n) is 9.57. The van der Waals surface area contributed by atoms with Gasteiger partial charge in [-0.05, 0) is 48.3 Å². The Morgan fingerprint density at radius 3 is 1.40 bits per heavy atom. The molecule has 5 heteroatoms. The van der Waals surface area contributed by atoms with Gasteiger partial charge in [0.1, 0.15) is 0 Å². The highest BCUT2D eigenvalue weighted by Gasteiger charge is 2.89. The molecule has 0 aromatic heterocycles. The van der Waals surface area contributed by atoms with Crippen LogP contribution in [-0.4, -0.2) is 23.9 Å². The fourth-order valence-corrected chi connectivity index (χ4v) is 13.8. The van der Waals surface area contributed by atoms with Crippen molar-refractivity contribution in [3.05, 3.63) is 0 Å². The van der Waals surface area contributed by atoms with Gasteiger partial charge in [-0.15, -0.1) is 11.8 Å². The van der Waals surface area contributed by atoms with Crippen molar-refractivity contribution in [1.29, 1.82) is 0 Å². The van der Waals surface area contributed by atoms with Crippen molar-refractivity contribution in [3.63, 3.8) is 0 Å². The number of hydrogen-bond acceptors (Lipinski definition) is 4. The molecule has 5 fully saturated rings. The molecule has 4 saturated carbocycles. The third kappa shape index (κ3) is 1.24. The maximum atomic E-state index is 13.9. The maximum Gasteiger partial charge on any atom is 0.168 e. The van der Waals surface area contributed by atoms with E-state index < -0.39 is 19.0 Å². The van der Waals surface area contributed by atoms with Crippen LogP contribution >= 0.6 is 11.8 Å². The summed E-state index contributed by atoms with van der Waals surface area (Å²) in [4.78, 5) is 27.0. The van der Waals surface area contributed by atoms with E-state index >= 15 is 0 Å². The van der Waals surface area contributed by atoms with E-state index in [4.69, 9.17) is 0 Å². The van der Waals surface area contributed by atoms with Crippen LogP contribution in [0.2, 0.25) is 0 Å². The molecule has 0 aromatic rings. The van der Waals surface area contributed by atoms with Gasteiger partial charge in [-0.3, -0.25) is 13.8 Å². The summed E-state index contributed by atoms with van der Waals surface area (Å²) in [6.07, 6.45) is 3.72. The molecule has 4 aliphatic carbocycles. The van der Waals surface area contributed by atoms with E-state index in [0.29, 0.717) is 0 Å². The van der Waals surface area contributed by atoms with Crippen LogP contribution < -0.4 is 0 Å². The largest absolute Gasteiger partial charge is 0.296 e. The molecule has 1 saturated heterocycles. The van der Waals surface area contributed by atoms with Gasteiger partial charge in [0.05, 0.1) is 10.8 Å². The van der Waals surface area contributed by atoms with Gasteiger partial charge in [0.2, 0.25) is 0 Å². The highest BCUT2D eigenvalue weighted by atomic mass is 32.3. The predicted molar refractivity (Wildman–Crippen MR) is 100 cm³/mol. The van der Waals surface area contributed by atoms with E-state index in [2.05, 4.69) is 41.5 Å². The molecule has 0 aromatic carbocycles. The summed E-state index contributed by atoms with van der Waals surface area (Å²) in [5.74, 6) is 0.621. The lowest BCUT2D eigenvalue weighted by Gasteiger charge is -2.57. The fourth-order valence-electron chi connectivity index (χ4n) is 7.38. The number of Topliss-reactive ketones (excluding diaryl/α,β-unsaturated/α-hetero) is 2. The summed E-state index contributed by atoms with van der Waals surface area (Å²) < 4.78 is 12.3. The average molecular weight is 381 g/mol. The van der Waals surface area contributed by atoms with Gasteiger partial charge < -0.3 is 0 Å². The minimum Gasteiger partial charge on any atom is -0.296 e. The SMILES string of the molecule is CC1(C)[C@@H]2CC[C@@]1(C)C(=O)[C@@]21S[C@]2(C(=O)[C@]3(C)CC[C@H]2C3(C)C)S1=O. The smallest absolute Gasteiger partial charge is 0.168 e. The van der Waals surface area contributed by atoms with Crippen LogP contribution in [-0.2, 0) is 20.4 Å². The van der Waals surface area contributed by atoms with Crippen LogP contribution in [0.4, 0.5) is 0 Å². The van der Waals surface area contributed by atoms with Crippen LogP contribution in [0, 0.1) is 33.5 Å². The molecule has 0 N–H and O–H groups in total. The van der Waals surface area contributed by atoms with Gasteiger partial charge in [-0.1, -0.05) is 41.5 Å². The Kier molecular flexibility index (Phi) is 2.71. The molecule has 1 aliphatic heterocycles. The summed E-state index contributed by atoms with van der Waals surface area (Å²) in [6, 6.07) is 0. The summed E-state index contributed by atoms with van der Waals surface area (Å²) in [5, 5.41) is 0. The molecule has 2 spiro atoms. The van der Waals surface area contributed by atoms with E-state index in [9.17, 15) is 13.8 Å². The molecule has 1 unspecified atom stereocenters. The van der Waals surface area contributed by atoms with E-state index in [1.165, 1.54) is 0 Å². The van der Waals surface area contributed by atoms with Gasteiger partial charge in [0, 0.05) is 10.8 Å². The van der Waals surface area contributed by atoms with Gasteiger partial charge in [-0.2, -0.15) is 0 Å². The molecule has 4 bridgehead atoms. The number of thioether (sulfide) groups is 1. The average Bonchev–Trinajstić information content (AvgIpc) is 3.00. The Morgan fingerprint density at radius 2 is 1.16 bits per heavy atom. The van der Waals surface area contributed by atoms with Crippen LogP contribution in [0.15, 0.2) is 0 Å². The summed E-state index contributed by atoms with van der Waals surface area (Å²) in [5.41, 5.74) is -1.03. The predicted octanol–water partition coefficient (Wildman–Crippen LogP) is 3.92. The minimum absolute atomic E-state index is 0.131. The van der Waals surface area contributed by atoms with E-state index in [1.807, 2.05) is 0 Å². The van der Waals surface area contributed by atoms with E-state index in [-0.39, 0.29) is 45.1 Å². The van der Waals surface area contributed by atoms with Gasteiger partial charge in [-0.25, -0.2) is 0 Å². The van der Waals surface area contributed by atoms with E-state index in [1.54, 1.807) is 11.8 Å². The lowest BCUT2D eigenvalue weighted by molar-refractivity contribution is -0.129. The quantitative estimate of drug-likeness (QED) is 0.639. The van der Waals surface area contributed by atoms with Crippen molar-refractivity contribution >= 4 is 34.1 Å². The minimum atomic E-state index is -1.40. The number of fused-ring (bicyclic) bond motifs is 6. The van der Waals surface area contributed by atoms with Crippen molar-refractivity contribution < 1.29 is 13.8 Å². The van der Waals surface area contributed by atoms with Crippen LogP contribution in [0.3, 0.4) is 0 Å². The van der Waals surface area contributed by atoms with Crippen molar-refractivity contribution in [2.75, 3.05) is 0 Å². The first kappa shape index (κ1) is 17.0. The number of ketones is 2. The second kappa shape index (κ2) is 3.99. The second-order valence-electron chi connectivity index (χ2n) is 10.7. The zero-order valence-corrected chi connectivity index (χ0v) is 17.7. The Balaban J connectivity index is 1.64. The normalized spacial score (nSPS) is 60.0. The first-order valence-corrected chi connectivity index (χ1v) is 11.5. The molecule has 0 radical (unpaired) electrons. The van der Waals surface area contributed by atoms with Crippen molar-refractivity contribution in [1.82, 2.24) is 0 Å². The summed E-state index contributed by atoms with van der Waals surface area (Å²) in [6.45, 7) is 12.8. The molecule has 138 valence electrons. The van der Waals surface area contributed by atoms with Crippen molar-refractivity contribution in [2.24, 2.45) is 33.5 Å². The Morgan fingerprint density at radius 1 is 0.800 bits per heavy atom. The molecule has 7 atom stereocenters. The Bertz CT molecular complexity index is 724. The molecule has 5 rings (SSSR count). The van der Waals surface area contributed by atoms with Gasteiger partial charge in [0.25, 0.3) is 0 Å². The highest BCUT2D eigenvalue weighted by molar-refractivity contribution is 8.31. The van der Waals surface area contributed by atoms with Gasteiger partial charge >= 0.3 is 0 Å². The van der Waals surface area contributed by atoms with Crippen LogP contribution in [0.5, 0.6) is 0 Å². The molecule has 1 heterocycles. The summed E-state index contributed by atoms with van der Waals surface area (Å²) in [7, 11) is -1.40. The standard InChI is InChI=1S/C20H28O3S2/c1-15(2)11-7-9-17(15,5)13(21)19(11)24-20(25(19)23)12-8-10-18(6,14(20)22)16(12,3)4/h11-12H,7-10H2,1-6H3/t11-,12-,17-,18-,19-,20+,25?/m0/s1. The molecule has 5 aliphatic rings. The number of rotatable bonds is 0. The summed E-state index contributed by atoms with van der Waals surface area (Å²) >= 11 is 1.55. The maximum absolute atomic E-state index is 13.9. The van der Waals surface area contributed by atoms with Crippen LogP contribution in [0.1, 0.15) is 67.2 Å². The zero-order valence-electron chi connectivity index (χ0n) is 16.0.